The Morgan fingerprint density at radius 1 is 1.10 bits per heavy atom. The molecule has 4 saturated carbocycles. The Kier molecular flexibility index (Phi) is 3.26. The fourth-order valence-electron chi connectivity index (χ4n) is 7.15. The second-order valence-electron chi connectivity index (χ2n) is 8.87. The molecule has 4 fully saturated rings. The molecule has 0 aromatic carbocycles. The van der Waals surface area contributed by atoms with E-state index in [0.717, 1.165) is 31.1 Å². The topological polar surface area (TPSA) is 37.3 Å². The molecule has 4 rings (SSSR count). The van der Waals surface area contributed by atoms with Crippen molar-refractivity contribution in [1.29, 1.82) is 0 Å². The monoisotopic (exact) mass is 290 g/mol. The first-order chi connectivity index (χ1) is 10.1. The second-order valence-corrected chi connectivity index (χ2v) is 8.87. The summed E-state index contributed by atoms with van der Waals surface area (Å²) in [6.07, 6.45) is 11.9. The van der Waals surface area contributed by atoms with E-state index in [-0.39, 0.29) is 5.41 Å². The van der Waals surface area contributed by atoms with Crippen LogP contribution in [0.3, 0.4) is 0 Å². The lowest BCUT2D eigenvalue weighted by molar-refractivity contribution is -0.150. The van der Waals surface area contributed by atoms with Gasteiger partial charge in [0.05, 0.1) is 0 Å². The number of Topliss-reactive ketones (excluding diaryl/α,β-unsaturated/α-hetero) is 1. The number of aliphatic hydroxyl groups excluding tert-OH is 1. The highest BCUT2D eigenvalue weighted by Crippen LogP contribution is 2.65. The highest BCUT2D eigenvalue weighted by molar-refractivity contribution is 5.79. The Morgan fingerprint density at radius 3 is 2.76 bits per heavy atom. The summed E-state index contributed by atoms with van der Waals surface area (Å²) in [7, 11) is 0. The van der Waals surface area contributed by atoms with Crippen LogP contribution < -0.4 is 0 Å². The van der Waals surface area contributed by atoms with Crippen molar-refractivity contribution in [2.45, 2.75) is 71.1 Å². The van der Waals surface area contributed by atoms with Crippen molar-refractivity contribution >= 4 is 5.78 Å². The summed E-state index contributed by atoms with van der Waals surface area (Å²) in [6, 6.07) is 0. The van der Waals surface area contributed by atoms with Gasteiger partial charge in [-0.05, 0) is 74.0 Å². The molecule has 4 aliphatic carbocycles. The van der Waals surface area contributed by atoms with Gasteiger partial charge in [-0.2, -0.15) is 0 Å². The van der Waals surface area contributed by atoms with E-state index >= 15 is 0 Å². The van der Waals surface area contributed by atoms with Gasteiger partial charge in [0, 0.05) is 24.9 Å². The van der Waals surface area contributed by atoms with Crippen LogP contribution >= 0.6 is 0 Å². The van der Waals surface area contributed by atoms with Crippen molar-refractivity contribution < 1.29 is 9.90 Å². The number of aliphatic hydroxyl groups is 1. The van der Waals surface area contributed by atoms with Crippen LogP contribution in [0.2, 0.25) is 0 Å². The van der Waals surface area contributed by atoms with Crippen LogP contribution in [0.15, 0.2) is 0 Å². The molecule has 0 bridgehead atoms. The molecule has 2 nitrogen and oxygen atoms in total. The maximum atomic E-state index is 11.9. The summed E-state index contributed by atoms with van der Waals surface area (Å²) in [6.45, 7) is 2.86. The zero-order chi connectivity index (χ0) is 14.7. The van der Waals surface area contributed by atoms with Crippen molar-refractivity contribution in [2.75, 3.05) is 6.61 Å². The van der Waals surface area contributed by atoms with Gasteiger partial charge in [0.1, 0.15) is 5.78 Å². The molecule has 0 saturated heterocycles. The standard InChI is InChI=1S/C19H30O2/c1-18-8-2-3-16(18)15-5-4-13-11-14(21)6-10-19(13,12-20)17(15)7-9-18/h13,15-17,20H,2-12H2,1H3/t13-,15+,16+,17+,18+,19-/m1/s1. The summed E-state index contributed by atoms with van der Waals surface area (Å²) >= 11 is 0. The molecule has 0 aliphatic heterocycles. The van der Waals surface area contributed by atoms with Crippen LogP contribution in [0, 0.1) is 34.5 Å². The number of carbonyl (C=O) groups excluding carboxylic acids is 1. The average Bonchev–Trinajstić information content (AvgIpc) is 2.88. The first-order valence-corrected chi connectivity index (χ1v) is 9.22. The highest BCUT2D eigenvalue weighted by atomic mass is 16.3. The van der Waals surface area contributed by atoms with Crippen LogP contribution in [0.25, 0.3) is 0 Å². The first kappa shape index (κ1) is 14.2. The Labute approximate surface area is 128 Å². The number of rotatable bonds is 1. The number of carbonyl (C=O) groups is 1. The molecule has 4 aliphatic rings. The summed E-state index contributed by atoms with van der Waals surface area (Å²) in [5.74, 6) is 3.37. The Morgan fingerprint density at radius 2 is 1.95 bits per heavy atom. The lowest BCUT2D eigenvalue weighted by Gasteiger charge is -2.60. The molecule has 0 amide bonds. The second kappa shape index (κ2) is 4.81. The molecule has 21 heavy (non-hydrogen) atoms. The van der Waals surface area contributed by atoms with Gasteiger partial charge >= 0.3 is 0 Å². The van der Waals surface area contributed by atoms with Crippen LogP contribution in [-0.4, -0.2) is 17.5 Å². The van der Waals surface area contributed by atoms with E-state index in [9.17, 15) is 9.90 Å². The predicted octanol–water partition coefficient (Wildman–Crippen LogP) is 3.96. The van der Waals surface area contributed by atoms with Gasteiger partial charge in [-0.25, -0.2) is 0 Å². The van der Waals surface area contributed by atoms with Crippen LogP contribution in [-0.2, 0) is 4.79 Å². The van der Waals surface area contributed by atoms with Gasteiger partial charge < -0.3 is 5.11 Å². The van der Waals surface area contributed by atoms with E-state index in [1.807, 2.05) is 0 Å². The maximum Gasteiger partial charge on any atom is 0.133 e. The van der Waals surface area contributed by atoms with Crippen molar-refractivity contribution in [3.8, 4) is 0 Å². The zero-order valence-electron chi connectivity index (χ0n) is 13.4. The molecule has 6 atom stereocenters. The van der Waals surface area contributed by atoms with Crippen molar-refractivity contribution in [1.82, 2.24) is 0 Å². The third-order valence-electron chi connectivity index (χ3n) is 8.26. The van der Waals surface area contributed by atoms with E-state index in [0.29, 0.717) is 29.6 Å². The van der Waals surface area contributed by atoms with Gasteiger partial charge in [-0.1, -0.05) is 13.3 Å². The molecule has 0 unspecified atom stereocenters. The van der Waals surface area contributed by atoms with E-state index in [1.54, 1.807) is 0 Å². The summed E-state index contributed by atoms with van der Waals surface area (Å²) in [4.78, 5) is 11.9. The molecule has 1 N–H and O–H groups in total. The van der Waals surface area contributed by atoms with Crippen molar-refractivity contribution in [3.05, 3.63) is 0 Å². The molecule has 2 heteroatoms. The molecule has 0 heterocycles. The third-order valence-corrected chi connectivity index (χ3v) is 8.26. The van der Waals surface area contributed by atoms with Gasteiger partial charge in [0.2, 0.25) is 0 Å². The van der Waals surface area contributed by atoms with Gasteiger partial charge in [0.15, 0.2) is 0 Å². The SMILES string of the molecule is C[C@@]12CCC[C@H]1[C@@H]1CC[C@@H]3CC(=O)CC[C@]3(CO)[C@H]1CC2. The minimum absolute atomic E-state index is 0.0980. The summed E-state index contributed by atoms with van der Waals surface area (Å²) in [5, 5.41) is 10.3. The van der Waals surface area contributed by atoms with Gasteiger partial charge in [0.25, 0.3) is 0 Å². The lowest BCUT2D eigenvalue weighted by atomic mass is 9.45. The van der Waals surface area contributed by atoms with Crippen LogP contribution in [0.4, 0.5) is 0 Å². The molecular weight excluding hydrogens is 260 g/mol. The lowest BCUT2D eigenvalue weighted by Crippen LogP contribution is -2.55. The average molecular weight is 290 g/mol. The minimum Gasteiger partial charge on any atom is -0.396 e. The van der Waals surface area contributed by atoms with Crippen molar-refractivity contribution in [2.24, 2.45) is 34.5 Å². The summed E-state index contributed by atoms with van der Waals surface area (Å²) < 4.78 is 0. The number of hydrogen-bond donors (Lipinski definition) is 1. The number of fused-ring (bicyclic) bond motifs is 5. The Balaban J connectivity index is 1.66. The Hall–Kier alpha value is -0.370. The zero-order valence-corrected chi connectivity index (χ0v) is 13.4. The fourth-order valence-corrected chi connectivity index (χ4v) is 7.15. The van der Waals surface area contributed by atoms with E-state index < -0.39 is 0 Å². The summed E-state index contributed by atoms with van der Waals surface area (Å²) in [5.41, 5.74) is 0.690. The highest BCUT2D eigenvalue weighted by Gasteiger charge is 2.59. The van der Waals surface area contributed by atoms with E-state index in [1.165, 1.54) is 44.9 Å². The Bertz CT molecular complexity index is 445. The third kappa shape index (κ3) is 1.90. The molecular formula is C19H30O2. The largest absolute Gasteiger partial charge is 0.396 e. The van der Waals surface area contributed by atoms with Crippen molar-refractivity contribution in [3.63, 3.8) is 0 Å². The van der Waals surface area contributed by atoms with Crippen LogP contribution in [0.5, 0.6) is 0 Å². The quantitative estimate of drug-likeness (QED) is 0.793. The smallest absolute Gasteiger partial charge is 0.133 e. The molecule has 0 aromatic heterocycles. The molecule has 0 spiro atoms. The minimum atomic E-state index is 0.0980. The van der Waals surface area contributed by atoms with Crippen LogP contribution in [0.1, 0.15) is 71.1 Å². The van der Waals surface area contributed by atoms with Gasteiger partial charge in [-0.15, -0.1) is 0 Å². The van der Waals surface area contributed by atoms with E-state index in [4.69, 9.17) is 0 Å². The van der Waals surface area contributed by atoms with E-state index in [2.05, 4.69) is 6.92 Å². The first-order valence-electron chi connectivity index (χ1n) is 9.22. The number of ketones is 1. The fraction of sp³-hybridized carbons (Fsp3) is 0.947. The molecule has 118 valence electrons. The predicted molar refractivity (Wildman–Crippen MR) is 82.8 cm³/mol. The van der Waals surface area contributed by atoms with Gasteiger partial charge in [-0.3, -0.25) is 4.79 Å². The normalized spacial score (nSPS) is 53.0. The maximum absolute atomic E-state index is 11.9. The molecule has 0 aromatic rings. The number of hydrogen-bond acceptors (Lipinski definition) is 2. The molecule has 0 radical (unpaired) electrons.